The fraction of sp³-hybridized carbons (Fsp3) is 0.444. The molecule has 7 nitrogen and oxygen atoms in total. The van der Waals surface area contributed by atoms with Crippen LogP contribution >= 0.6 is 0 Å². The van der Waals surface area contributed by atoms with E-state index < -0.39 is 12.1 Å². The molecule has 180 valence electrons. The Morgan fingerprint density at radius 2 is 1.53 bits per heavy atom. The monoisotopic (exact) mass is 464 g/mol. The minimum atomic E-state index is -0.826. The van der Waals surface area contributed by atoms with Crippen LogP contribution in [0.15, 0.2) is 48.5 Å². The molecule has 0 aliphatic heterocycles. The maximum atomic E-state index is 12.3. The molecule has 2 aliphatic rings. The van der Waals surface area contributed by atoms with Crippen LogP contribution in [0.25, 0.3) is 11.1 Å². The molecule has 3 N–H and O–H groups in total. The molecule has 0 atom stereocenters. The SMILES string of the molecule is O=C(O)CC1(CNC(=O)CCNC(=O)OCC2c3ccccc3-c3ccccc32)CCCCC1. The molecule has 0 spiro atoms. The van der Waals surface area contributed by atoms with Gasteiger partial charge in [-0.2, -0.15) is 0 Å². The van der Waals surface area contributed by atoms with E-state index in [9.17, 15) is 19.5 Å². The van der Waals surface area contributed by atoms with Gasteiger partial charge in [-0.15, -0.1) is 0 Å². The summed E-state index contributed by atoms with van der Waals surface area (Å²) in [6, 6.07) is 16.3. The number of rotatable bonds is 9. The van der Waals surface area contributed by atoms with Crippen LogP contribution in [-0.2, 0) is 14.3 Å². The summed E-state index contributed by atoms with van der Waals surface area (Å²) in [6.07, 6.45) is 4.37. The third-order valence-corrected chi connectivity index (χ3v) is 7.07. The molecule has 0 heterocycles. The molecule has 0 radical (unpaired) electrons. The van der Waals surface area contributed by atoms with E-state index in [0.717, 1.165) is 43.2 Å². The zero-order valence-electron chi connectivity index (χ0n) is 19.3. The lowest BCUT2D eigenvalue weighted by atomic mass is 9.71. The third kappa shape index (κ3) is 5.58. The Morgan fingerprint density at radius 3 is 2.15 bits per heavy atom. The first-order chi connectivity index (χ1) is 16.5. The van der Waals surface area contributed by atoms with Crippen LogP contribution in [0.1, 0.15) is 62.0 Å². The zero-order valence-corrected chi connectivity index (χ0v) is 19.3. The molecule has 0 saturated heterocycles. The number of ether oxygens (including phenoxy) is 1. The summed E-state index contributed by atoms with van der Waals surface area (Å²) in [6.45, 7) is 0.751. The second kappa shape index (κ2) is 10.7. The Bertz CT molecular complexity index is 999. The van der Waals surface area contributed by atoms with Gasteiger partial charge >= 0.3 is 12.1 Å². The van der Waals surface area contributed by atoms with E-state index >= 15 is 0 Å². The van der Waals surface area contributed by atoms with Gasteiger partial charge in [0.25, 0.3) is 0 Å². The highest BCUT2D eigenvalue weighted by molar-refractivity contribution is 5.79. The summed E-state index contributed by atoms with van der Waals surface area (Å²) >= 11 is 0. The normalized spacial score (nSPS) is 16.2. The largest absolute Gasteiger partial charge is 0.481 e. The molecular weight excluding hydrogens is 432 g/mol. The number of carbonyl (C=O) groups is 3. The molecule has 4 rings (SSSR count). The van der Waals surface area contributed by atoms with E-state index in [2.05, 4.69) is 34.9 Å². The Hall–Kier alpha value is -3.35. The highest BCUT2D eigenvalue weighted by Gasteiger charge is 2.34. The number of alkyl carbamates (subject to hydrolysis) is 1. The van der Waals surface area contributed by atoms with Crippen LogP contribution in [-0.4, -0.2) is 42.8 Å². The number of nitrogens with one attached hydrogen (secondary N) is 2. The summed E-state index contributed by atoms with van der Waals surface area (Å²) < 4.78 is 5.49. The van der Waals surface area contributed by atoms with Crippen LogP contribution in [0.2, 0.25) is 0 Å². The molecule has 2 aromatic rings. The van der Waals surface area contributed by atoms with Crippen molar-refractivity contribution in [3.8, 4) is 11.1 Å². The van der Waals surface area contributed by atoms with Gasteiger partial charge in [-0.05, 0) is 40.5 Å². The van der Waals surface area contributed by atoms with Gasteiger partial charge < -0.3 is 20.5 Å². The lowest BCUT2D eigenvalue weighted by Gasteiger charge is -2.36. The van der Waals surface area contributed by atoms with E-state index in [-0.39, 0.29) is 43.2 Å². The average molecular weight is 465 g/mol. The molecule has 0 bridgehead atoms. The van der Waals surface area contributed by atoms with Crippen molar-refractivity contribution in [2.75, 3.05) is 19.7 Å². The fourth-order valence-corrected chi connectivity index (χ4v) is 5.34. The Kier molecular flexibility index (Phi) is 7.50. The number of aliphatic carboxylic acids is 1. The predicted molar refractivity (Wildman–Crippen MR) is 128 cm³/mol. The Morgan fingerprint density at radius 1 is 0.912 bits per heavy atom. The molecule has 1 saturated carbocycles. The second-order valence-corrected chi connectivity index (χ2v) is 9.41. The molecular formula is C27H32N2O5. The molecule has 2 aromatic carbocycles. The average Bonchev–Trinajstić information content (AvgIpc) is 3.15. The lowest BCUT2D eigenvalue weighted by Crippen LogP contribution is -2.41. The van der Waals surface area contributed by atoms with Crippen molar-refractivity contribution in [3.05, 3.63) is 59.7 Å². The topological polar surface area (TPSA) is 105 Å². The van der Waals surface area contributed by atoms with Crippen LogP contribution in [0.4, 0.5) is 4.79 Å². The van der Waals surface area contributed by atoms with Crippen molar-refractivity contribution in [1.29, 1.82) is 0 Å². The van der Waals surface area contributed by atoms with Gasteiger partial charge in [-0.25, -0.2) is 4.79 Å². The van der Waals surface area contributed by atoms with Crippen molar-refractivity contribution in [3.63, 3.8) is 0 Å². The lowest BCUT2D eigenvalue weighted by molar-refractivity contribution is -0.140. The molecule has 1 fully saturated rings. The highest BCUT2D eigenvalue weighted by Crippen LogP contribution is 2.44. The molecule has 0 unspecified atom stereocenters. The van der Waals surface area contributed by atoms with Crippen molar-refractivity contribution in [1.82, 2.24) is 10.6 Å². The summed E-state index contributed by atoms with van der Waals surface area (Å²) in [7, 11) is 0. The summed E-state index contributed by atoms with van der Waals surface area (Å²) in [5, 5.41) is 14.8. The van der Waals surface area contributed by atoms with E-state index in [1.165, 1.54) is 11.1 Å². The van der Waals surface area contributed by atoms with E-state index in [1.807, 2.05) is 24.3 Å². The minimum Gasteiger partial charge on any atom is -0.481 e. The summed E-state index contributed by atoms with van der Waals surface area (Å²) in [4.78, 5) is 35.8. The number of carbonyl (C=O) groups excluding carboxylic acids is 2. The van der Waals surface area contributed by atoms with E-state index in [0.29, 0.717) is 6.54 Å². The van der Waals surface area contributed by atoms with Crippen molar-refractivity contribution in [2.45, 2.75) is 50.9 Å². The van der Waals surface area contributed by atoms with Gasteiger partial charge in [-0.1, -0.05) is 67.8 Å². The summed E-state index contributed by atoms with van der Waals surface area (Å²) in [5.74, 6) is -1.04. The number of carboxylic acid groups (broad SMARTS) is 1. The fourth-order valence-electron chi connectivity index (χ4n) is 5.34. The zero-order chi connectivity index (χ0) is 24.0. The number of fused-ring (bicyclic) bond motifs is 3. The van der Waals surface area contributed by atoms with Gasteiger partial charge in [0.1, 0.15) is 6.61 Å². The molecule has 2 aliphatic carbocycles. The van der Waals surface area contributed by atoms with Crippen LogP contribution < -0.4 is 10.6 Å². The Labute approximate surface area is 199 Å². The van der Waals surface area contributed by atoms with Gasteiger partial charge in [0, 0.05) is 25.4 Å². The Balaban J connectivity index is 1.21. The molecule has 34 heavy (non-hydrogen) atoms. The predicted octanol–water partition coefficient (Wildman–Crippen LogP) is 4.46. The minimum absolute atomic E-state index is 0.0117. The van der Waals surface area contributed by atoms with E-state index in [1.54, 1.807) is 0 Å². The smallest absolute Gasteiger partial charge is 0.407 e. The van der Waals surface area contributed by atoms with Gasteiger partial charge in [-0.3, -0.25) is 9.59 Å². The number of benzene rings is 2. The summed E-state index contributed by atoms with van der Waals surface area (Å²) in [5.41, 5.74) is 4.27. The molecule has 0 aromatic heterocycles. The standard InChI is InChI=1S/C27H32N2O5/c30-24(29-18-27(16-25(31)32)13-6-1-7-14-27)12-15-28-26(33)34-17-23-21-10-4-2-8-19(21)20-9-3-5-11-22(20)23/h2-5,8-11,23H,1,6-7,12-18H2,(H,28,33)(H,29,30)(H,31,32). The third-order valence-electron chi connectivity index (χ3n) is 7.07. The van der Waals surface area contributed by atoms with Gasteiger partial charge in [0.05, 0.1) is 6.42 Å². The first-order valence-corrected chi connectivity index (χ1v) is 12.0. The number of hydrogen-bond donors (Lipinski definition) is 3. The first-order valence-electron chi connectivity index (χ1n) is 12.0. The number of hydrogen-bond acceptors (Lipinski definition) is 4. The van der Waals surface area contributed by atoms with Gasteiger partial charge in [0.15, 0.2) is 0 Å². The van der Waals surface area contributed by atoms with Crippen LogP contribution in [0, 0.1) is 5.41 Å². The number of carboxylic acids is 1. The first kappa shape index (κ1) is 23.8. The van der Waals surface area contributed by atoms with Crippen LogP contribution in [0.3, 0.4) is 0 Å². The van der Waals surface area contributed by atoms with Crippen molar-refractivity contribution in [2.24, 2.45) is 5.41 Å². The van der Waals surface area contributed by atoms with Crippen molar-refractivity contribution < 1.29 is 24.2 Å². The molecule has 7 heteroatoms. The quantitative estimate of drug-likeness (QED) is 0.508. The van der Waals surface area contributed by atoms with Gasteiger partial charge in [0.2, 0.25) is 5.91 Å². The maximum absolute atomic E-state index is 12.3. The van der Waals surface area contributed by atoms with Crippen LogP contribution in [0.5, 0.6) is 0 Å². The second-order valence-electron chi connectivity index (χ2n) is 9.41. The maximum Gasteiger partial charge on any atom is 0.407 e. The molecule has 2 amide bonds. The van der Waals surface area contributed by atoms with E-state index in [4.69, 9.17) is 4.74 Å². The highest BCUT2D eigenvalue weighted by atomic mass is 16.5. The number of amides is 2. The van der Waals surface area contributed by atoms with Crippen molar-refractivity contribution >= 4 is 18.0 Å².